The number of hydrogen-bond donors (Lipinski definition) is 1. The molecule has 1 aliphatic heterocycles. The van der Waals surface area contributed by atoms with Crippen LogP contribution in [0.1, 0.15) is 16.1 Å². The largest absolute Gasteiger partial charge is 0.399 e. The Kier molecular flexibility index (Phi) is 1.19. The third kappa shape index (κ3) is 0.738. The third-order valence-corrected chi connectivity index (χ3v) is 2.51. The summed E-state index contributed by atoms with van der Waals surface area (Å²) in [4.78, 5) is 11.8. The number of fused-ring (bicyclic) bond motifs is 3. The molecule has 3 nitrogen and oxygen atoms in total. The van der Waals surface area contributed by atoms with Crippen LogP contribution in [-0.2, 0) is 0 Å². The van der Waals surface area contributed by atoms with E-state index in [4.69, 9.17) is 5.73 Å². The molecule has 0 unspecified atom stereocenters. The molecule has 68 valence electrons. The summed E-state index contributed by atoms with van der Waals surface area (Å²) in [5.41, 5.74) is 8.59. The fourth-order valence-electron chi connectivity index (χ4n) is 1.86. The predicted octanol–water partition coefficient (Wildman–Crippen LogP) is 1.60. The van der Waals surface area contributed by atoms with Crippen molar-refractivity contribution in [3.05, 3.63) is 47.8 Å². The quantitative estimate of drug-likeness (QED) is 0.539. The van der Waals surface area contributed by atoms with Gasteiger partial charge in [0.15, 0.2) is 0 Å². The summed E-state index contributed by atoms with van der Waals surface area (Å²) in [5, 5.41) is 0. The van der Waals surface area contributed by atoms with Gasteiger partial charge in [0.25, 0.3) is 0 Å². The van der Waals surface area contributed by atoms with Crippen LogP contribution in [0.2, 0.25) is 0 Å². The van der Waals surface area contributed by atoms with Crippen molar-refractivity contribution in [3.8, 4) is 5.69 Å². The van der Waals surface area contributed by atoms with Gasteiger partial charge >= 0.3 is 0 Å². The number of rotatable bonds is 0. The lowest BCUT2D eigenvalue weighted by Crippen LogP contribution is -1.95. The molecule has 0 amide bonds. The number of nitrogens with zero attached hydrogens (tertiary/aromatic N) is 1. The van der Waals surface area contributed by atoms with Crippen LogP contribution in [0, 0.1) is 0 Å². The van der Waals surface area contributed by atoms with Gasteiger partial charge < -0.3 is 10.3 Å². The minimum Gasteiger partial charge on any atom is -0.399 e. The van der Waals surface area contributed by atoms with Crippen molar-refractivity contribution in [2.24, 2.45) is 0 Å². The van der Waals surface area contributed by atoms with Crippen molar-refractivity contribution in [2.75, 3.05) is 5.73 Å². The van der Waals surface area contributed by atoms with Crippen LogP contribution in [0.3, 0.4) is 0 Å². The number of carbonyl (C=O) groups excluding carboxylic acids is 1. The van der Waals surface area contributed by atoms with Crippen LogP contribution in [0.5, 0.6) is 0 Å². The fourth-order valence-corrected chi connectivity index (χ4v) is 1.86. The Bertz CT molecular complexity index is 540. The van der Waals surface area contributed by atoms with Crippen molar-refractivity contribution in [3.63, 3.8) is 0 Å². The van der Waals surface area contributed by atoms with Crippen LogP contribution >= 0.6 is 0 Å². The molecule has 0 bridgehead atoms. The summed E-state index contributed by atoms with van der Waals surface area (Å²) in [6.07, 6.45) is 1.88. The van der Waals surface area contributed by atoms with E-state index in [1.807, 2.05) is 29.0 Å². The maximum Gasteiger partial charge on any atom is 0.211 e. The van der Waals surface area contributed by atoms with Crippen molar-refractivity contribution in [1.29, 1.82) is 0 Å². The zero-order valence-corrected chi connectivity index (χ0v) is 7.40. The van der Waals surface area contributed by atoms with E-state index in [1.54, 1.807) is 12.1 Å². The zero-order valence-electron chi connectivity index (χ0n) is 7.40. The van der Waals surface area contributed by atoms with Gasteiger partial charge in [0, 0.05) is 11.9 Å². The molecule has 14 heavy (non-hydrogen) atoms. The van der Waals surface area contributed by atoms with Crippen molar-refractivity contribution < 1.29 is 4.79 Å². The van der Waals surface area contributed by atoms with Gasteiger partial charge in [0.1, 0.15) is 0 Å². The van der Waals surface area contributed by atoms with Gasteiger partial charge in [-0.25, -0.2) is 0 Å². The Morgan fingerprint density at radius 1 is 1.21 bits per heavy atom. The van der Waals surface area contributed by atoms with E-state index in [2.05, 4.69) is 0 Å². The summed E-state index contributed by atoms with van der Waals surface area (Å²) >= 11 is 0. The number of anilines is 1. The molecule has 0 aliphatic carbocycles. The fraction of sp³-hybridized carbons (Fsp3) is 0. The molecule has 0 radical (unpaired) electrons. The molecule has 2 heterocycles. The number of nitrogens with two attached hydrogens (primary N) is 1. The average Bonchev–Trinajstić information content (AvgIpc) is 2.72. The molecule has 1 aromatic carbocycles. The number of hydrogen-bond acceptors (Lipinski definition) is 2. The molecule has 1 aliphatic rings. The van der Waals surface area contributed by atoms with E-state index < -0.39 is 0 Å². The third-order valence-electron chi connectivity index (χ3n) is 2.51. The van der Waals surface area contributed by atoms with E-state index in [0.29, 0.717) is 16.9 Å². The van der Waals surface area contributed by atoms with Gasteiger partial charge in [-0.2, -0.15) is 0 Å². The molecular weight excluding hydrogens is 176 g/mol. The smallest absolute Gasteiger partial charge is 0.211 e. The second-order valence-electron chi connectivity index (χ2n) is 3.37. The molecule has 0 atom stereocenters. The maximum absolute atomic E-state index is 11.8. The van der Waals surface area contributed by atoms with Crippen LogP contribution < -0.4 is 5.73 Å². The minimum absolute atomic E-state index is 0.0531. The monoisotopic (exact) mass is 184 g/mol. The Morgan fingerprint density at radius 2 is 2.07 bits per heavy atom. The lowest BCUT2D eigenvalue weighted by Gasteiger charge is -2.00. The highest BCUT2D eigenvalue weighted by Crippen LogP contribution is 2.29. The normalized spacial score (nSPS) is 12.7. The van der Waals surface area contributed by atoms with Crippen LogP contribution in [0.25, 0.3) is 5.69 Å². The molecule has 3 heteroatoms. The first-order chi connectivity index (χ1) is 6.77. The average molecular weight is 184 g/mol. The van der Waals surface area contributed by atoms with Crippen LogP contribution in [0.15, 0.2) is 36.5 Å². The molecule has 1 aromatic heterocycles. The Hall–Kier alpha value is -2.03. The number of ketones is 1. The second-order valence-corrected chi connectivity index (χ2v) is 3.37. The molecular formula is C11H8N2O. The van der Waals surface area contributed by atoms with Crippen LogP contribution in [0.4, 0.5) is 5.69 Å². The lowest BCUT2D eigenvalue weighted by molar-refractivity contribution is 0.104. The van der Waals surface area contributed by atoms with Gasteiger partial charge in [-0.1, -0.05) is 0 Å². The Morgan fingerprint density at radius 3 is 2.93 bits per heavy atom. The maximum atomic E-state index is 11.8. The lowest BCUT2D eigenvalue weighted by atomic mass is 10.1. The highest BCUT2D eigenvalue weighted by molar-refractivity contribution is 6.14. The summed E-state index contributed by atoms with van der Waals surface area (Å²) in [7, 11) is 0. The summed E-state index contributed by atoms with van der Waals surface area (Å²) in [6, 6.07) is 9.09. The van der Waals surface area contributed by atoms with E-state index in [0.717, 1.165) is 5.69 Å². The first kappa shape index (κ1) is 7.38. The molecule has 0 spiro atoms. The predicted molar refractivity (Wildman–Crippen MR) is 53.6 cm³/mol. The molecule has 2 N–H and O–H groups in total. The SMILES string of the molecule is Nc1ccc2c(c1)C(=O)c1cccn1-2. The highest BCUT2D eigenvalue weighted by atomic mass is 16.1. The first-order valence-corrected chi connectivity index (χ1v) is 4.39. The first-order valence-electron chi connectivity index (χ1n) is 4.39. The number of carbonyl (C=O) groups is 1. The van der Waals surface area contributed by atoms with E-state index in [-0.39, 0.29) is 5.78 Å². The topological polar surface area (TPSA) is 48.0 Å². The zero-order chi connectivity index (χ0) is 9.71. The van der Waals surface area contributed by atoms with E-state index in [1.165, 1.54) is 0 Å². The van der Waals surface area contributed by atoms with Gasteiger partial charge in [-0.15, -0.1) is 0 Å². The van der Waals surface area contributed by atoms with Gasteiger partial charge in [-0.05, 0) is 30.3 Å². The molecule has 0 saturated carbocycles. The van der Waals surface area contributed by atoms with E-state index in [9.17, 15) is 4.79 Å². The van der Waals surface area contributed by atoms with E-state index >= 15 is 0 Å². The summed E-state index contributed by atoms with van der Waals surface area (Å²) in [5.74, 6) is 0.0531. The second kappa shape index (κ2) is 2.26. The van der Waals surface area contributed by atoms with Crippen molar-refractivity contribution in [1.82, 2.24) is 4.57 Å². The van der Waals surface area contributed by atoms with Gasteiger partial charge in [0.05, 0.1) is 16.9 Å². The minimum atomic E-state index is 0.0531. The Labute approximate surface area is 80.8 Å². The van der Waals surface area contributed by atoms with Crippen LogP contribution in [-0.4, -0.2) is 10.4 Å². The number of aromatic nitrogens is 1. The van der Waals surface area contributed by atoms with Crippen molar-refractivity contribution >= 4 is 11.5 Å². The highest BCUT2D eigenvalue weighted by Gasteiger charge is 2.25. The summed E-state index contributed by atoms with van der Waals surface area (Å²) in [6.45, 7) is 0. The molecule has 2 aromatic rings. The van der Waals surface area contributed by atoms with Crippen molar-refractivity contribution in [2.45, 2.75) is 0 Å². The Balaban J connectivity index is 2.38. The standard InChI is InChI=1S/C11H8N2O/c12-7-3-4-9-8(6-7)11(14)10-2-1-5-13(9)10/h1-6H,12H2. The molecule has 3 rings (SSSR count). The van der Waals surface area contributed by atoms with Gasteiger partial charge in [-0.3, -0.25) is 4.79 Å². The molecule has 0 fully saturated rings. The summed E-state index contributed by atoms with van der Waals surface area (Å²) < 4.78 is 1.89. The number of nitrogen functional groups attached to an aromatic ring is 1. The number of benzene rings is 1. The molecule has 0 saturated heterocycles. The van der Waals surface area contributed by atoms with Gasteiger partial charge in [0.2, 0.25) is 5.78 Å².